The number of nitrogens with zero attached hydrogens (tertiary/aromatic N) is 2. The molecule has 0 aliphatic heterocycles. The highest BCUT2D eigenvalue weighted by Crippen LogP contribution is 2.24. The number of thiocarbonyl (C=S) groups is 1. The summed E-state index contributed by atoms with van der Waals surface area (Å²) in [5, 5.41) is 4.19. The first-order chi connectivity index (χ1) is 12.0. The minimum Gasteiger partial charge on any atom is -0.342 e. The molecule has 2 rings (SSSR count). The lowest BCUT2D eigenvalue weighted by atomic mass is 10.1. The number of pyridine rings is 1. The molecule has 0 unspecified atom stereocenters. The highest BCUT2D eigenvalue weighted by atomic mass is 32.2. The Kier molecular flexibility index (Phi) is 7.72. The number of aromatic nitrogens is 1. The molecule has 0 saturated heterocycles. The normalized spacial score (nSPS) is 12.0. The van der Waals surface area contributed by atoms with E-state index in [1.165, 1.54) is 10.5 Å². The van der Waals surface area contributed by atoms with Gasteiger partial charge >= 0.3 is 0 Å². The van der Waals surface area contributed by atoms with E-state index in [0.717, 1.165) is 23.8 Å². The van der Waals surface area contributed by atoms with Crippen molar-refractivity contribution in [2.75, 3.05) is 18.1 Å². The molecule has 1 atom stereocenters. The molecule has 5 heteroatoms. The van der Waals surface area contributed by atoms with Gasteiger partial charge in [-0.15, -0.1) is 11.8 Å². The Bertz CT molecular complexity index is 674. The van der Waals surface area contributed by atoms with E-state index in [9.17, 15) is 0 Å². The Hall–Kier alpha value is -1.59. The third kappa shape index (κ3) is 6.01. The molecule has 0 aliphatic carbocycles. The first-order valence-corrected chi connectivity index (χ1v) is 10.3. The summed E-state index contributed by atoms with van der Waals surface area (Å²) in [6.45, 7) is 7.61. The van der Waals surface area contributed by atoms with Crippen molar-refractivity contribution in [3.05, 3.63) is 54.4 Å². The number of rotatable bonds is 7. The number of thioether (sulfide) groups is 1. The first-order valence-electron chi connectivity index (χ1n) is 8.63. The predicted molar refractivity (Wildman–Crippen MR) is 113 cm³/mol. The maximum atomic E-state index is 5.76. The van der Waals surface area contributed by atoms with Crippen LogP contribution in [0.15, 0.2) is 53.7 Å². The molecule has 25 heavy (non-hydrogen) atoms. The van der Waals surface area contributed by atoms with Crippen molar-refractivity contribution in [1.29, 1.82) is 0 Å². The van der Waals surface area contributed by atoms with Crippen LogP contribution in [0.25, 0.3) is 0 Å². The Morgan fingerprint density at radius 3 is 2.56 bits per heavy atom. The van der Waals surface area contributed by atoms with E-state index < -0.39 is 0 Å². The van der Waals surface area contributed by atoms with Gasteiger partial charge in [0.05, 0.1) is 6.04 Å². The molecule has 0 spiro atoms. The van der Waals surface area contributed by atoms with Gasteiger partial charge in [0.1, 0.15) is 0 Å². The van der Waals surface area contributed by atoms with Crippen molar-refractivity contribution in [1.82, 2.24) is 9.88 Å². The number of nitrogens with one attached hydrogen (secondary N) is 1. The summed E-state index contributed by atoms with van der Waals surface area (Å²) in [4.78, 5) is 7.62. The van der Waals surface area contributed by atoms with Gasteiger partial charge in [-0.3, -0.25) is 4.98 Å². The number of benzene rings is 1. The summed E-state index contributed by atoms with van der Waals surface area (Å²) >= 11 is 7.49. The minimum absolute atomic E-state index is 0.200. The molecule has 0 saturated carbocycles. The van der Waals surface area contributed by atoms with E-state index in [1.54, 1.807) is 11.8 Å². The minimum atomic E-state index is 0.200. The number of hydrogen-bond donors (Lipinski definition) is 1. The van der Waals surface area contributed by atoms with Crippen molar-refractivity contribution in [2.45, 2.75) is 38.1 Å². The maximum Gasteiger partial charge on any atom is 0.173 e. The Morgan fingerprint density at radius 1 is 1.20 bits per heavy atom. The molecule has 3 nitrogen and oxygen atoms in total. The molecule has 0 amide bonds. The zero-order valence-corrected chi connectivity index (χ0v) is 17.0. The molecule has 0 bridgehead atoms. The van der Waals surface area contributed by atoms with Gasteiger partial charge in [-0.2, -0.15) is 0 Å². The molecule has 1 N–H and O–H groups in total. The van der Waals surface area contributed by atoms with Crippen LogP contribution in [-0.4, -0.2) is 27.8 Å². The number of anilines is 1. The van der Waals surface area contributed by atoms with E-state index in [2.05, 4.69) is 78.6 Å². The van der Waals surface area contributed by atoms with E-state index in [4.69, 9.17) is 12.2 Å². The van der Waals surface area contributed by atoms with Crippen LogP contribution < -0.4 is 5.32 Å². The highest BCUT2D eigenvalue weighted by molar-refractivity contribution is 7.98. The number of hydrogen-bond acceptors (Lipinski definition) is 3. The van der Waals surface area contributed by atoms with Crippen LogP contribution in [0.4, 0.5) is 5.69 Å². The average molecular weight is 374 g/mol. The Balaban J connectivity index is 2.17. The highest BCUT2D eigenvalue weighted by Gasteiger charge is 2.19. The van der Waals surface area contributed by atoms with Crippen LogP contribution in [0, 0.1) is 5.92 Å². The second-order valence-corrected chi connectivity index (χ2v) is 7.76. The van der Waals surface area contributed by atoms with Crippen LogP contribution in [-0.2, 0) is 0 Å². The monoisotopic (exact) mass is 373 g/mol. The van der Waals surface area contributed by atoms with Crippen molar-refractivity contribution in [3.63, 3.8) is 0 Å². The summed E-state index contributed by atoms with van der Waals surface area (Å²) in [7, 11) is 0. The smallest absolute Gasteiger partial charge is 0.173 e. The van der Waals surface area contributed by atoms with Crippen molar-refractivity contribution in [2.24, 2.45) is 5.92 Å². The van der Waals surface area contributed by atoms with Gasteiger partial charge in [0.15, 0.2) is 5.11 Å². The second-order valence-electron chi connectivity index (χ2n) is 6.49. The molecule has 0 aliphatic rings. The van der Waals surface area contributed by atoms with Crippen molar-refractivity contribution < 1.29 is 0 Å². The van der Waals surface area contributed by atoms with Gasteiger partial charge < -0.3 is 10.2 Å². The first kappa shape index (κ1) is 19.7. The zero-order chi connectivity index (χ0) is 18.2. The van der Waals surface area contributed by atoms with Gasteiger partial charge in [0.25, 0.3) is 0 Å². The second kappa shape index (κ2) is 9.78. The molecule has 1 aromatic heterocycles. The fourth-order valence-electron chi connectivity index (χ4n) is 2.59. The Morgan fingerprint density at radius 2 is 1.92 bits per heavy atom. The van der Waals surface area contributed by atoms with Crippen molar-refractivity contribution >= 4 is 34.8 Å². The van der Waals surface area contributed by atoms with E-state index >= 15 is 0 Å². The molecule has 1 aromatic carbocycles. The lowest BCUT2D eigenvalue weighted by Gasteiger charge is -2.33. The SMILES string of the molecule is CSc1cccc(NC(=S)N(CCC(C)C)[C@H](C)c2ccncc2)c1. The van der Waals surface area contributed by atoms with Gasteiger partial charge in [0.2, 0.25) is 0 Å². The summed E-state index contributed by atoms with van der Waals surface area (Å²) in [6.07, 6.45) is 6.86. The average Bonchev–Trinajstić information content (AvgIpc) is 2.62. The van der Waals surface area contributed by atoms with Gasteiger partial charge in [-0.1, -0.05) is 19.9 Å². The summed E-state index contributed by atoms with van der Waals surface area (Å²) in [5.41, 5.74) is 2.26. The van der Waals surface area contributed by atoms with Crippen LogP contribution >= 0.6 is 24.0 Å². The van der Waals surface area contributed by atoms with Gasteiger partial charge in [0, 0.05) is 29.5 Å². The third-order valence-electron chi connectivity index (χ3n) is 4.19. The molecule has 134 valence electrons. The van der Waals surface area contributed by atoms with Crippen LogP contribution in [0.5, 0.6) is 0 Å². The van der Waals surface area contributed by atoms with Crippen LogP contribution in [0.2, 0.25) is 0 Å². The molecule has 2 aromatic rings. The molecular formula is C20H27N3S2. The summed E-state index contributed by atoms with van der Waals surface area (Å²) in [5.74, 6) is 0.634. The lowest BCUT2D eigenvalue weighted by molar-refractivity contribution is 0.318. The molecule has 0 radical (unpaired) electrons. The van der Waals surface area contributed by atoms with Crippen molar-refractivity contribution in [3.8, 4) is 0 Å². The summed E-state index contributed by atoms with van der Waals surface area (Å²) in [6, 6.07) is 12.7. The topological polar surface area (TPSA) is 28.2 Å². The zero-order valence-electron chi connectivity index (χ0n) is 15.4. The van der Waals surface area contributed by atoms with Gasteiger partial charge in [-0.05, 0) is 73.6 Å². The molecule has 1 heterocycles. The largest absolute Gasteiger partial charge is 0.342 e. The standard InChI is InChI=1S/C20H27N3S2/c1-15(2)10-13-23(16(3)17-8-11-21-12-9-17)20(24)22-18-6-5-7-19(14-18)25-4/h5-9,11-12,14-16H,10,13H2,1-4H3,(H,22,24)/t16-/m1/s1. The van der Waals surface area contributed by atoms with E-state index in [-0.39, 0.29) is 6.04 Å². The third-order valence-corrected chi connectivity index (χ3v) is 5.25. The van der Waals surface area contributed by atoms with Crippen LogP contribution in [0.3, 0.4) is 0 Å². The quantitative estimate of drug-likeness (QED) is 0.503. The fourth-order valence-corrected chi connectivity index (χ4v) is 3.41. The van der Waals surface area contributed by atoms with Gasteiger partial charge in [-0.25, -0.2) is 0 Å². The lowest BCUT2D eigenvalue weighted by Crippen LogP contribution is -2.38. The molecule has 0 fully saturated rings. The molecular weight excluding hydrogens is 346 g/mol. The van der Waals surface area contributed by atoms with E-state index in [1.807, 2.05) is 12.4 Å². The Labute approximate surface area is 161 Å². The fraction of sp³-hybridized carbons (Fsp3) is 0.400. The maximum absolute atomic E-state index is 5.76. The predicted octanol–water partition coefficient (Wildman–Crippen LogP) is 5.61. The van der Waals surface area contributed by atoms with Crippen LogP contribution in [0.1, 0.15) is 38.8 Å². The van der Waals surface area contributed by atoms with E-state index in [0.29, 0.717) is 5.92 Å². The summed E-state index contributed by atoms with van der Waals surface area (Å²) < 4.78 is 0.